The van der Waals surface area contributed by atoms with Crippen LogP contribution >= 0.6 is 22.9 Å². The van der Waals surface area contributed by atoms with Gasteiger partial charge in [-0.15, -0.1) is 0 Å². The number of methoxy groups -OCH3 is 1. The summed E-state index contributed by atoms with van der Waals surface area (Å²) in [5, 5.41) is 19.2. The summed E-state index contributed by atoms with van der Waals surface area (Å²) in [7, 11) is 1.64. The largest absolute Gasteiger partial charge is 0.477 e. The minimum atomic E-state index is -0.958. The molecule has 4 heterocycles. The molecule has 192 valence electrons. The number of ether oxygens (including phenoxy) is 1. The quantitative estimate of drug-likeness (QED) is 0.415. The van der Waals surface area contributed by atoms with Crippen molar-refractivity contribution in [3.8, 4) is 17.6 Å². The van der Waals surface area contributed by atoms with Gasteiger partial charge in [0.05, 0.1) is 11.6 Å². The van der Waals surface area contributed by atoms with E-state index in [1.54, 1.807) is 26.3 Å². The van der Waals surface area contributed by atoms with E-state index in [1.165, 1.54) is 17.8 Å². The van der Waals surface area contributed by atoms with Crippen molar-refractivity contribution < 1.29 is 19.4 Å². The lowest BCUT2D eigenvalue weighted by Crippen LogP contribution is -2.34. The Morgan fingerprint density at radius 3 is 2.81 bits per heavy atom. The number of imidazole rings is 1. The Kier molecular flexibility index (Phi) is 9.08. The molecule has 11 nitrogen and oxygen atoms in total. The fraction of sp³-hybridized carbons (Fsp3) is 0.435. The van der Waals surface area contributed by atoms with Crippen LogP contribution < -0.4 is 10.6 Å². The van der Waals surface area contributed by atoms with Gasteiger partial charge in [0.1, 0.15) is 27.9 Å². The Bertz CT molecular complexity index is 1280. The highest BCUT2D eigenvalue weighted by atomic mass is 35.5. The van der Waals surface area contributed by atoms with Crippen LogP contribution in [0.3, 0.4) is 0 Å². The maximum atomic E-state index is 11.7. The number of hydrogen-bond donors (Lipinski definition) is 3. The zero-order valence-electron chi connectivity index (χ0n) is 20.2. The van der Waals surface area contributed by atoms with Gasteiger partial charge in [-0.3, -0.25) is 4.79 Å². The average Bonchev–Trinajstić information content (AvgIpc) is 3.55. The van der Waals surface area contributed by atoms with Crippen molar-refractivity contribution >= 4 is 39.9 Å². The number of nitrogens with one attached hydrogen (secondary N) is 1. The molecule has 36 heavy (non-hydrogen) atoms. The number of halogens is 1. The average molecular weight is 534 g/mol. The fourth-order valence-corrected chi connectivity index (χ4v) is 5.01. The number of carboxylic acid groups (broad SMARTS) is 1. The van der Waals surface area contributed by atoms with Crippen molar-refractivity contribution in [2.45, 2.75) is 33.2 Å². The molecule has 1 atom stereocenters. The van der Waals surface area contributed by atoms with Gasteiger partial charge < -0.3 is 30.0 Å². The number of aromatic nitrogens is 4. The molecule has 3 aromatic rings. The van der Waals surface area contributed by atoms with Crippen LogP contribution in [0.2, 0.25) is 5.02 Å². The van der Waals surface area contributed by atoms with Crippen molar-refractivity contribution in [2.75, 3.05) is 31.7 Å². The Morgan fingerprint density at radius 1 is 1.47 bits per heavy atom. The molecule has 3 aromatic heterocycles. The van der Waals surface area contributed by atoms with E-state index >= 15 is 0 Å². The van der Waals surface area contributed by atoms with Crippen LogP contribution in [-0.2, 0) is 11.3 Å². The van der Waals surface area contributed by atoms with Crippen LogP contribution in [-0.4, -0.2) is 63.3 Å². The van der Waals surface area contributed by atoms with Crippen molar-refractivity contribution in [3.05, 3.63) is 39.2 Å². The van der Waals surface area contributed by atoms with E-state index in [2.05, 4.69) is 26.8 Å². The molecule has 1 fully saturated rings. The lowest BCUT2D eigenvalue weighted by Gasteiger charge is -2.30. The van der Waals surface area contributed by atoms with Crippen molar-refractivity contribution in [3.63, 3.8) is 0 Å². The molecular formula is C23H28ClN7O4S. The number of nitrogens with zero attached hydrogens (tertiary/aromatic N) is 5. The van der Waals surface area contributed by atoms with E-state index in [4.69, 9.17) is 27.3 Å². The van der Waals surface area contributed by atoms with E-state index in [0.717, 1.165) is 24.6 Å². The van der Waals surface area contributed by atoms with Crippen molar-refractivity contribution in [1.29, 1.82) is 5.26 Å². The smallest absolute Gasteiger partial charge is 0.348 e. The maximum Gasteiger partial charge on any atom is 0.348 e. The summed E-state index contributed by atoms with van der Waals surface area (Å²) in [5.41, 5.74) is 6.19. The SMILES string of the molecule is COCCn1ccnc1-c1nc(N2CCC[C@@H](C)C2)sc1C(=O)O.Cc1[nH]c(C(N)=O)c(C#N)c1Cl. The van der Waals surface area contributed by atoms with Gasteiger partial charge in [-0.1, -0.05) is 29.9 Å². The third-order valence-corrected chi connectivity index (χ3v) is 7.25. The normalized spacial score (nSPS) is 15.2. The molecule has 0 aliphatic carbocycles. The number of aromatic carboxylic acids is 1. The number of thiazole rings is 1. The van der Waals surface area contributed by atoms with Crippen molar-refractivity contribution in [1.82, 2.24) is 19.5 Å². The number of rotatable bonds is 7. The van der Waals surface area contributed by atoms with Crippen LogP contribution in [0.25, 0.3) is 11.5 Å². The van der Waals surface area contributed by atoms with Gasteiger partial charge in [0.25, 0.3) is 5.91 Å². The molecule has 0 spiro atoms. The molecular weight excluding hydrogens is 506 g/mol. The highest BCUT2D eigenvalue weighted by Crippen LogP contribution is 2.34. The molecule has 0 unspecified atom stereocenters. The van der Waals surface area contributed by atoms with Crippen LogP contribution in [0.15, 0.2) is 12.4 Å². The molecule has 1 aliphatic heterocycles. The number of carbonyl (C=O) groups excluding carboxylic acids is 1. The Labute approximate surface area is 217 Å². The van der Waals surface area contributed by atoms with E-state index < -0.39 is 11.9 Å². The van der Waals surface area contributed by atoms with Crippen molar-refractivity contribution in [2.24, 2.45) is 11.7 Å². The van der Waals surface area contributed by atoms with E-state index in [0.29, 0.717) is 36.3 Å². The van der Waals surface area contributed by atoms with Crippen LogP contribution in [0, 0.1) is 24.2 Å². The number of hydrogen-bond acceptors (Lipinski definition) is 8. The summed E-state index contributed by atoms with van der Waals surface area (Å²) in [5.74, 6) is -0.457. The Balaban J connectivity index is 0.000000253. The number of carbonyl (C=O) groups is 2. The first kappa shape index (κ1) is 27.2. The molecule has 1 aliphatic rings. The second-order valence-electron chi connectivity index (χ2n) is 8.40. The molecule has 0 aromatic carbocycles. The predicted molar refractivity (Wildman–Crippen MR) is 137 cm³/mol. The highest BCUT2D eigenvalue weighted by molar-refractivity contribution is 7.17. The van der Waals surface area contributed by atoms with Gasteiger partial charge in [-0.05, 0) is 25.7 Å². The summed E-state index contributed by atoms with van der Waals surface area (Å²) >= 11 is 6.93. The number of nitriles is 1. The van der Waals surface area contributed by atoms with Crippen LogP contribution in [0.1, 0.15) is 51.2 Å². The van der Waals surface area contributed by atoms with Gasteiger partial charge in [0, 0.05) is 44.8 Å². The molecule has 4 N–H and O–H groups in total. The Hall–Kier alpha value is -3.40. The molecule has 0 saturated carbocycles. The second kappa shape index (κ2) is 12.0. The maximum absolute atomic E-state index is 11.7. The van der Waals surface area contributed by atoms with E-state index in [-0.39, 0.29) is 21.2 Å². The third kappa shape index (κ3) is 6.04. The minimum Gasteiger partial charge on any atom is -0.477 e. The first-order valence-corrected chi connectivity index (χ1v) is 12.4. The van der Waals surface area contributed by atoms with Crippen LogP contribution in [0.5, 0.6) is 0 Å². The van der Waals surface area contributed by atoms with Gasteiger partial charge in [-0.2, -0.15) is 5.26 Å². The first-order valence-electron chi connectivity index (χ1n) is 11.2. The molecule has 1 saturated heterocycles. The van der Waals surface area contributed by atoms with Gasteiger partial charge >= 0.3 is 5.97 Å². The van der Waals surface area contributed by atoms with Gasteiger partial charge in [0.15, 0.2) is 11.0 Å². The van der Waals surface area contributed by atoms with E-state index in [1.807, 2.05) is 10.8 Å². The zero-order valence-corrected chi connectivity index (χ0v) is 21.8. The number of primary amides is 1. The third-order valence-electron chi connectivity index (χ3n) is 5.67. The minimum absolute atomic E-state index is 0.0694. The number of H-pyrrole nitrogens is 1. The monoisotopic (exact) mass is 533 g/mol. The number of aromatic amines is 1. The predicted octanol–water partition coefficient (Wildman–Crippen LogP) is 3.53. The number of anilines is 1. The molecule has 0 bridgehead atoms. The topological polar surface area (TPSA) is 163 Å². The lowest BCUT2D eigenvalue weighted by molar-refractivity contribution is 0.0702. The lowest BCUT2D eigenvalue weighted by atomic mass is 10.0. The van der Waals surface area contributed by atoms with Crippen LogP contribution in [0.4, 0.5) is 5.13 Å². The fourth-order valence-electron chi connectivity index (χ4n) is 3.89. The standard InChI is InChI=1S/C16H22N4O3S.C7H6ClN3O/c1-11-4-3-6-20(10-11)16-18-12(13(24-16)15(21)22)14-17-5-7-19(14)8-9-23-2;1-3-5(8)4(2-9)6(11-3)7(10)12/h5,7,11H,3-4,6,8-10H2,1-2H3,(H,21,22);11H,1H3,(H2,10,12)/t11-;/m1./s1. The van der Waals surface area contributed by atoms with E-state index in [9.17, 15) is 14.7 Å². The first-order chi connectivity index (χ1) is 17.2. The number of carboxylic acids is 1. The number of aryl methyl sites for hydroxylation is 1. The molecule has 13 heteroatoms. The second-order valence-corrected chi connectivity index (χ2v) is 9.76. The molecule has 1 amide bonds. The number of nitrogens with two attached hydrogens (primary N) is 1. The van der Waals surface area contributed by atoms with Gasteiger partial charge in [0.2, 0.25) is 0 Å². The van der Waals surface area contributed by atoms with Gasteiger partial charge in [-0.25, -0.2) is 14.8 Å². The zero-order chi connectivity index (χ0) is 26.4. The summed E-state index contributed by atoms with van der Waals surface area (Å²) < 4.78 is 6.99. The molecule has 0 radical (unpaired) electrons. The molecule has 4 rings (SSSR count). The number of amides is 1. The highest BCUT2D eigenvalue weighted by Gasteiger charge is 2.26. The summed E-state index contributed by atoms with van der Waals surface area (Å²) in [6.07, 6.45) is 5.81. The summed E-state index contributed by atoms with van der Waals surface area (Å²) in [6, 6.07) is 1.80. The Morgan fingerprint density at radius 2 is 2.22 bits per heavy atom. The summed E-state index contributed by atoms with van der Waals surface area (Å²) in [4.78, 5) is 36.5. The number of piperidine rings is 1. The summed E-state index contributed by atoms with van der Waals surface area (Å²) in [6.45, 7) is 6.87.